The van der Waals surface area contributed by atoms with Crippen LogP contribution >= 0.6 is 7.92 Å². The van der Waals surface area contributed by atoms with Gasteiger partial charge in [0.1, 0.15) is 11.6 Å². The van der Waals surface area contributed by atoms with Gasteiger partial charge in [-0.1, -0.05) is 48.5 Å². The fourth-order valence-electron chi connectivity index (χ4n) is 4.33. The van der Waals surface area contributed by atoms with E-state index in [1.165, 1.54) is 0 Å². The van der Waals surface area contributed by atoms with E-state index in [1.54, 1.807) is 48.5 Å². The molecule has 37 heavy (non-hydrogen) atoms. The predicted molar refractivity (Wildman–Crippen MR) is 130 cm³/mol. The molecule has 0 saturated heterocycles. The molecule has 0 unspecified atom stereocenters. The van der Waals surface area contributed by atoms with Crippen molar-refractivity contribution in [3.63, 3.8) is 0 Å². The second-order valence-corrected chi connectivity index (χ2v) is 10.4. The van der Waals surface area contributed by atoms with Crippen molar-refractivity contribution in [1.29, 1.82) is 0 Å². The van der Waals surface area contributed by atoms with Gasteiger partial charge in [0.25, 0.3) is 0 Å². The second kappa shape index (κ2) is 9.10. The smallest absolute Gasteiger partial charge is 0.206 e. The Morgan fingerprint density at radius 2 is 0.919 bits per heavy atom. The van der Waals surface area contributed by atoms with Gasteiger partial charge in [-0.05, 0) is 77.2 Å². The first-order valence-electron chi connectivity index (χ1n) is 10.9. The molecule has 0 fully saturated rings. The quantitative estimate of drug-likeness (QED) is 0.125. The normalized spacial score (nSPS) is 12.6. The average Bonchev–Trinajstić information content (AvgIpc) is 2.85. The molecule has 0 spiro atoms. The molecule has 0 nitrogen and oxygen atoms in total. The third-order valence-electron chi connectivity index (χ3n) is 6.02. The van der Waals surface area contributed by atoms with Gasteiger partial charge in [-0.15, -0.1) is 0 Å². The minimum atomic E-state index is -4.85. The Hall–Kier alpha value is -3.51. The van der Waals surface area contributed by atoms with Crippen molar-refractivity contribution in [1.82, 2.24) is 0 Å². The van der Waals surface area contributed by atoms with Crippen LogP contribution in [0.3, 0.4) is 0 Å². The van der Waals surface area contributed by atoms with Crippen LogP contribution in [0.2, 0.25) is 0 Å². The monoisotopic (exact) mass is 534 g/mol. The van der Waals surface area contributed by atoms with Crippen LogP contribution in [-0.4, -0.2) is 0 Å². The van der Waals surface area contributed by atoms with Crippen molar-refractivity contribution in [2.45, 2.75) is 12.4 Å². The minimum Gasteiger partial charge on any atom is -0.206 e. The summed E-state index contributed by atoms with van der Waals surface area (Å²) in [7, 11) is -2.54. The molecule has 9 heteroatoms. The summed E-state index contributed by atoms with van der Waals surface area (Å²) < 4.78 is 112. The molecule has 5 aromatic carbocycles. The molecule has 188 valence electrons. The first-order valence-corrected chi connectivity index (χ1v) is 12.2. The summed E-state index contributed by atoms with van der Waals surface area (Å²) in [6, 6.07) is 18.9. The summed E-state index contributed by atoms with van der Waals surface area (Å²) in [6.45, 7) is 0. The molecular weight excluding hydrogens is 519 g/mol. The van der Waals surface area contributed by atoms with E-state index in [0.717, 1.165) is 5.39 Å². The summed E-state index contributed by atoms with van der Waals surface area (Å²) in [5, 5.41) is 1.73. The number of benzene rings is 5. The molecule has 0 aliphatic carbocycles. The molecule has 5 rings (SSSR count). The van der Waals surface area contributed by atoms with Crippen molar-refractivity contribution < 1.29 is 35.1 Å². The van der Waals surface area contributed by atoms with E-state index in [4.69, 9.17) is 0 Å². The molecular formula is C28H15F8P. The Morgan fingerprint density at radius 3 is 1.43 bits per heavy atom. The van der Waals surface area contributed by atoms with Crippen molar-refractivity contribution in [3.8, 4) is 0 Å². The maximum atomic E-state index is 15.3. The van der Waals surface area contributed by atoms with E-state index in [-0.39, 0.29) is 5.30 Å². The number of halogens is 8. The van der Waals surface area contributed by atoms with Gasteiger partial charge in [0.15, 0.2) is 0 Å². The van der Waals surface area contributed by atoms with Gasteiger partial charge in [-0.25, -0.2) is 8.78 Å². The summed E-state index contributed by atoms with van der Waals surface area (Å²) in [6.07, 6.45) is -9.69. The standard InChI is InChI=1S/C28H15F8P/c29-22-11-9-17(27(31,32)33)14-25(22)37(26-15-18(28(34,35)36)10-12-23(26)30)24-13-16-5-1-2-6-19(16)20-7-3-4-8-21(20)24/h1-15H. The zero-order valence-corrected chi connectivity index (χ0v) is 19.5. The lowest BCUT2D eigenvalue weighted by molar-refractivity contribution is -0.138. The third kappa shape index (κ3) is 4.66. The van der Waals surface area contributed by atoms with Crippen LogP contribution in [0, 0.1) is 11.6 Å². The van der Waals surface area contributed by atoms with E-state index in [9.17, 15) is 26.3 Å². The third-order valence-corrected chi connectivity index (χ3v) is 8.52. The minimum absolute atomic E-state index is 0.237. The number of alkyl halides is 6. The van der Waals surface area contributed by atoms with Crippen molar-refractivity contribution in [3.05, 3.63) is 114 Å². The summed E-state index contributed by atoms with van der Waals surface area (Å²) in [4.78, 5) is 0. The van der Waals surface area contributed by atoms with Crippen molar-refractivity contribution in [2.24, 2.45) is 0 Å². The zero-order chi connectivity index (χ0) is 26.5. The van der Waals surface area contributed by atoms with Crippen molar-refractivity contribution in [2.75, 3.05) is 0 Å². The maximum Gasteiger partial charge on any atom is 0.416 e. The molecule has 0 radical (unpaired) electrons. The fraction of sp³-hybridized carbons (Fsp3) is 0.0714. The highest BCUT2D eigenvalue weighted by Crippen LogP contribution is 2.42. The van der Waals surface area contributed by atoms with Crippen LogP contribution in [0.15, 0.2) is 91.0 Å². The molecule has 0 amide bonds. The Labute approximate surface area is 206 Å². The van der Waals surface area contributed by atoms with Crippen molar-refractivity contribution >= 4 is 45.4 Å². The topological polar surface area (TPSA) is 0 Å². The lowest BCUT2D eigenvalue weighted by atomic mass is 10.0. The highest BCUT2D eigenvalue weighted by Gasteiger charge is 2.36. The van der Waals surface area contributed by atoms with Crippen LogP contribution in [0.4, 0.5) is 35.1 Å². The fourth-order valence-corrected chi connectivity index (χ4v) is 6.92. The molecule has 0 atom stereocenters. The lowest BCUT2D eigenvalue weighted by Gasteiger charge is -2.24. The van der Waals surface area contributed by atoms with Gasteiger partial charge in [0.05, 0.1) is 11.1 Å². The maximum absolute atomic E-state index is 15.3. The second-order valence-electron chi connectivity index (χ2n) is 8.33. The Balaban J connectivity index is 1.92. The molecule has 0 aliphatic rings. The van der Waals surface area contributed by atoms with Crippen LogP contribution in [-0.2, 0) is 12.4 Å². The van der Waals surface area contributed by atoms with Crippen LogP contribution in [0.5, 0.6) is 0 Å². The van der Waals surface area contributed by atoms with Gasteiger partial charge in [0.2, 0.25) is 0 Å². The van der Waals surface area contributed by atoms with Gasteiger partial charge >= 0.3 is 12.4 Å². The summed E-state index contributed by atoms with van der Waals surface area (Å²) in [5.74, 6) is -2.15. The Morgan fingerprint density at radius 1 is 0.459 bits per heavy atom. The lowest BCUT2D eigenvalue weighted by Crippen LogP contribution is -2.27. The average molecular weight is 534 g/mol. The number of rotatable bonds is 3. The van der Waals surface area contributed by atoms with Gasteiger partial charge in [0, 0.05) is 10.6 Å². The molecule has 0 aromatic heterocycles. The van der Waals surface area contributed by atoms with E-state index >= 15 is 8.78 Å². The first-order chi connectivity index (χ1) is 17.4. The Kier molecular flexibility index (Phi) is 6.19. The van der Waals surface area contributed by atoms with Gasteiger partial charge in [-0.2, -0.15) is 26.3 Å². The van der Waals surface area contributed by atoms with E-state index in [1.807, 2.05) is 6.07 Å². The van der Waals surface area contributed by atoms with E-state index < -0.39 is 53.6 Å². The summed E-state index contributed by atoms with van der Waals surface area (Å²) >= 11 is 0. The molecule has 5 aromatic rings. The largest absolute Gasteiger partial charge is 0.416 e. The highest BCUT2D eigenvalue weighted by molar-refractivity contribution is 7.80. The zero-order valence-electron chi connectivity index (χ0n) is 18.6. The molecule has 0 bridgehead atoms. The molecule has 0 N–H and O–H groups in total. The van der Waals surface area contributed by atoms with Crippen LogP contribution in [0.1, 0.15) is 11.1 Å². The molecule has 0 heterocycles. The number of fused-ring (bicyclic) bond motifs is 3. The Bertz CT molecular complexity index is 1570. The summed E-state index contributed by atoms with van der Waals surface area (Å²) in [5.41, 5.74) is -2.37. The predicted octanol–water partition coefficient (Wildman–Crippen LogP) is 8.07. The van der Waals surface area contributed by atoms with Crippen LogP contribution in [0.25, 0.3) is 21.5 Å². The van der Waals surface area contributed by atoms with E-state index in [0.29, 0.717) is 52.6 Å². The number of hydrogen-bond acceptors (Lipinski definition) is 0. The highest BCUT2D eigenvalue weighted by atomic mass is 31.1. The first kappa shape index (κ1) is 25.2. The number of hydrogen-bond donors (Lipinski definition) is 0. The molecule has 0 aliphatic heterocycles. The van der Waals surface area contributed by atoms with E-state index in [2.05, 4.69) is 0 Å². The van der Waals surface area contributed by atoms with Crippen LogP contribution < -0.4 is 15.9 Å². The SMILES string of the molecule is Fc1ccc(C(F)(F)F)cc1P(c1cc(C(F)(F)F)ccc1F)c1cc2ccccc2c2ccccc12. The van der Waals surface area contributed by atoms with Gasteiger partial charge in [-0.3, -0.25) is 0 Å². The van der Waals surface area contributed by atoms with Gasteiger partial charge < -0.3 is 0 Å². The molecule has 0 saturated carbocycles.